The van der Waals surface area contributed by atoms with Crippen molar-refractivity contribution >= 4 is 16.4 Å². The van der Waals surface area contributed by atoms with Crippen molar-refractivity contribution in [3.8, 4) is 5.75 Å². The molecular formula is C33H50O14S. The second-order valence-electron chi connectivity index (χ2n) is 9.64. The van der Waals surface area contributed by atoms with E-state index in [1.54, 1.807) is 42.5 Å². The van der Waals surface area contributed by atoms with Gasteiger partial charge in [-0.1, -0.05) is 18.2 Å². The molecule has 0 aromatic heterocycles. The average Bonchev–Trinajstić information content (AvgIpc) is 3.11. The maximum absolute atomic E-state index is 12.0. The first kappa shape index (κ1) is 41.6. The molecule has 2 rings (SSSR count). The summed E-state index contributed by atoms with van der Waals surface area (Å²) >= 11 is 0. The van der Waals surface area contributed by atoms with Crippen molar-refractivity contribution in [2.45, 2.75) is 4.90 Å². The highest BCUT2D eigenvalue weighted by Gasteiger charge is 2.13. The Labute approximate surface area is 283 Å². The minimum absolute atomic E-state index is 0.0623. The van der Waals surface area contributed by atoms with Gasteiger partial charge in [-0.25, -0.2) is 0 Å². The highest BCUT2D eigenvalue weighted by atomic mass is 32.2. The normalized spacial score (nSPS) is 11.6. The molecule has 2 aromatic rings. The Morgan fingerprint density at radius 3 is 1.10 bits per heavy atom. The molecule has 0 bridgehead atoms. The molecule has 0 radical (unpaired) electrons. The molecule has 14 nitrogen and oxygen atoms in total. The van der Waals surface area contributed by atoms with Crippen LogP contribution in [-0.4, -0.2) is 147 Å². The molecule has 0 spiro atoms. The minimum atomic E-state index is -3.76. The molecule has 15 heteroatoms. The van der Waals surface area contributed by atoms with Gasteiger partial charge in [-0.3, -0.25) is 8.98 Å². The van der Waals surface area contributed by atoms with E-state index >= 15 is 0 Å². The van der Waals surface area contributed by atoms with Gasteiger partial charge in [0.2, 0.25) is 0 Å². The van der Waals surface area contributed by atoms with Crippen LogP contribution in [0.2, 0.25) is 0 Å². The largest absolute Gasteiger partial charge is 0.491 e. The topological polar surface area (TPSA) is 153 Å². The Kier molecular flexibility index (Phi) is 25.5. The van der Waals surface area contributed by atoms with E-state index in [9.17, 15) is 13.2 Å². The fourth-order valence-electron chi connectivity index (χ4n) is 3.58. The molecule has 0 unspecified atom stereocenters. The van der Waals surface area contributed by atoms with E-state index in [0.29, 0.717) is 130 Å². The maximum Gasteiger partial charge on any atom is 0.297 e. The summed E-state index contributed by atoms with van der Waals surface area (Å²) < 4.78 is 83.3. The predicted octanol–water partition coefficient (Wildman–Crippen LogP) is 2.43. The van der Waals surface area contributed by atoms with Gasteiger partial charge in [0.1, 0.15) is 18.6 Å². The number of carbonyl (C=O) groups is 1. The molecule has 0 heterocycles. The van der Waals surface area contributed by atoms with Crippen molar-refractivity contribution < 1.29 is 64.8 Å². The van der Waals surface area contributed by atoms with Gasteiger partial charge in [-0.2, -0.15) is 8.42 Å². The molecule has 0 aliphatic rings. The van der Waals surface area contributed by atoms with Gasteiger partial charge in [0.25, 0.3) is 10.1 Å². The Morgan fingerprint density at radius 1 is 0.417 bits per heavy atom. The monoisotopic (exact) mass is 702 g/mol. The average molecular weight is 703 g/mol. The lowest BCUT2D eigenvalue weighted by Gasteiger charge is -2.09. The summed E-state index contributed by atoms with van der Waals surface area (Å²) in [5.74, 6) is 0.696. The van der Waals surface area contributed by atoms with Crippen LogP contribution >= 0.6 is 0 Å². The molecular weight excluding hydrogens is 652 g/mol. The summed E-state index contributed by atoms with van der Waals surface area (Å²) in [5.41, 5.74) is 0.611. The quantitative estimate of drug-likeness (QED) is 0.0596. The van der Waals surface area contributed by atoms with E-state index in [0.717, 1.165) is 6.29 Å². The number of ether oxygens (including phenoxy) is 10. The number of hydrogen-bond donors (Lipinski definition) is 0. The molecule has 0 aliphatic carbocycles. The molecule has 0 aliphatic heterocycles. The number of benzene rings is 2. The predicted molar refractivity (Wildman–Crippen MR) is 174 cm³/mol. The Hall–Kier alpha value is -2.54. The van der Waals surface area contributed by atoms with Crippen molar-refractivity contribution in [1.29, 1.82) is 0 Å². The molecule has 0 saturated heterocycles. The van der Waals surface area contributed by atoms with E-state index in [1.807, 2.05) is 0 Å². The fourth-order valence-corrected chi connectivity index (χ4v) is 4.49. The van der Waals surface area contributed by atoms with Crippen LogP contribution in [0, 0.1) is 0 Å². The van der Waals surface area contributed by atoms with E-state index in [1.165, 1.54) is 12.1 Å². The van der Waals surface area contributed by atoms with Crippen LogP contribution in [0.4, 0.5) is 0 Å². The van der Waals surface area contributed by atoms with Gasteiger partial charge < -0.3 is 47.4 Å². The molecule has 0 saturated carbocycles. The van der Waals surface area contributed by atoms with E-state index in [4.69, 9.17) is 51.6 Å². The first-order valence-corrected chi connectivity index (χ1v) is 17.3. The van der Waals surface area contributed by atoms with Gasteiger partial charge in [-0.15, -0.1) is 0 Å². The zero-order valence-corrected chi connectivity index (χ0v) is 28.4. The van der Waals surface area contributed by atoms with Crippen LogP contribution < -0.4 is 4.74 Å². The van der Waals surface area contributed by atoms with Crippen LogP contribution in [0.5, 0.6) is 5.75 Å². The highest BCUT2D eigenvalue weighted by Crippen LogP contribution is 2.11. The third-order valence-electron chi connectivity index (χ3n) is 5.99. The Morgan fingerprint density at radius 2 is 0.750 bits per heavy atom. The van der Waals surface area contributed by atoms with Crippen LogP contribution in [0.3, 0.4) is 0 Å². The zero-order valence-electron chi connectivity index (χ0n) is 27.5. The summed E-state index contributed by atoms with van der Waals surface area (Å²) in [6.07, 6.45) is 0.792. The minimum Gasteiger partial charge on any atom is -0.491 e. The van der Waals surface area contributed by atoms with Crippen molar-refractivity contribution in [3.63, 3.8) is 0 Å². The molecule has 2 aromatic carbocycles. The standard InChI is InChI=1S/C33H50O14S/c34-30-31-6-8-32(9-7-31)46-28-26-44-24-22-42-20-18-40-16-14-38-12-10-37-11-13-39-15-17-41-19-21-43-23-25-45-27-29-47-48(35,36)33-4-2-1-3-5-33/h1-9,30H,10-29H2. The first-order chi connectivity index (χ1) is 23.6. The lowest BCUT2D eigenvalue weighted by molar-refractivity contribution is -0.0257. The van der Waals surface area contributed by atoms with E-state index < -0.39 is 10.1 Å². The molecule has 0 amide bonds. The van der Waals surface area contributed by atoms with Crippen molar-refractivity contribution in [2.75, 3.05) is 132 Å². The van der Waals surface area contributed by atoms with Crippen molar-refractivity contribution in [3.05, 3.63) is 60.2 Å². The van der Waals surface area contributed by atoms with Crippen LogP contribution in [0.25, 0.3) is 0 Å². The molecule has 0 fully saturated rings. The Balaban J connectivity index is 1.18. The Bertz CT molecular complexity index is 1120. The van der Waals surface area contributed by atoms with Crippen molar-refractivity contribution in [1.82, 2.24) is 0 Å². The van der Waals surface area contributed by atoms with Crippen LogP contribution in [0.15, 0.2) is 59.5 Å². The molecule has 272 valence electrons. The van der Waals surface area contributed by atoms with Gasteiger partial charge >= 0.3 is 0 Å². The number of carbonyl (C=O) groups excluding carboxylic acids is 1. The van der Waals surface area contributed by atoms with Crippen LogP contribution in [0.1, 0.15) is 10.4 Å². The third kappa shape index (κ3) is 22.9. The summed E-state index contributed by atoms with van der Waals surface area (Å²) in [5, 5.41) is 0. The van der Waals surface area contributed by atoms with Crippen LogP contribution in [-0.2, 0) is 56.9 Å². The number of hydrogen-bond acceptors (Lipinski definition) is 14. The SMILES string of the molecule is O=Cc1ccc(OCCOCCOCCOCCOCCOCCOCCOCCOCCOCCOS(=O)(=O)c2ccccc2)cc1. The smallest absolute Gasteiger partial charge is 0.297 e. The zero-order chi connectivity index (χ0) is 34.2. The van der Waals surface area contributed by atoms with Gasteiger partial charge in [-0.05, 0) is 36.4 Å². The van der Waals surface area contributed by atoms with Crippen molar-refractivity contribution in [2.24, 2.45) is 0 Å². The lowest BCUT2D eigenvalue weighted by Crippen LogP contribution is -2.16. The summed E-state index contributed by atoms with van der Waals surface area (Å²) in [7, 11) is -3.76. The fraction of sp³-hybridized carbons (Fsp3) is 0.606. The summed E-state index contributed by atoms with van der Waals surface area (Å²) in [6.45, 7) is 8.14. The second-order valence-corrected chi connectivity index (χ2v) is 11.3. The number of aldehydes is 1. The molecule has 0 N–H and O–H groups in total. The molecule has 48 heavy (non-hydrogen) atoms. The maximum atomic E-state index is 12.0. The second kappa shape index (κ2) is 29.4. The summed E-state index contributed by atoms with van der Waals surface area (Å²) in [4.78, 5) is 10.8. The molecule has 0 atom stereocenters. The first-order valence-electron chi connectivity index (χ1n) is 15.9. The highest BCUT2D eigenvalue weighted by molar-refractivity contribution is 7.86. The lowest BCUT2D eigenvalue weighted by atomic mass is 10.2. The summed E-state index contributed by atoms with van der Waals surface area (Å²) in [6, 6.07) is 14.9. The van der Waals surface area contributed by atoms with Gasteiger partial charge in [0.15, 0.2) is 0 Å². The van der Waals surface area contributed by atoms with E-state index in [-0.39, 0.29) is 18.1 Å². The van der Waals surface area contributed by atoms with Gasteiger partial charge in [0, 0.05) is 5.56 Å². The van der Waals surface area contributed by atoms with Gasteiger partial charge in [0.05, 0.1) is 130 Å². The number of rotatable bonds is 34. The van der Waals surface area contributed by atoms with E-state index in [2.05, 4.69) is 0 Å². The third-order valence-corrected chi connectivity index (χ3v) is 7.31.